The Hall–Kier alpha value is -1.27. The zero-order valence-corrected chi connectivity index (χ0v) is 13.6. The molecular weight excluding hydrogens is 331 g/mol. The lowest BCUT2D eigenvalue weighted by Crippen LogP contribution is -2.16. The van der Waals surface area contributed by atoms with Crippen molar-refractivity contribution in [3.05, 3.63) is 58.1 Å². The van der Waals surface area contributed by atoms with Gasteiger partial charge in [0.25, 0.3) is 10.0 Å². The van der Waals surface area contributed by atoms with Crippen LogP contribution in [0.5, 0.6) is 0 Å². The van der Waals surface area contributed by atoms with E-state index in [0.29, 0.717) is 12.2 Å². The predicted molar refractivity (Wildman–Crippen MR) is 86.5 cm³/mol. The second-order valence-electron chi connectivity index (χ2n) is 4.34. The zero-order valence-electron chi connectivity index (χ0n) is 11.2. The number of benzene rings is 2. The highest BCUT2D eigenvalue weighted by atomic mass is 35.5. The monoisotopic (exact) mass is 344 g/mol. The van der Waals surface area contributed by atoms with E-state index < -0.39 is 10.0 Å². The Bertz CT molecular complexity index is 748. The first kappa shape index (κ1) is 16.1. The van der Waals surface area contributed by atoms with E-state index in [9.17, 15) is 8.42 Å². The van der Waals surface area contributed by atoms with Gasteiger partial charge in [-0.1, -0.05) is 47.5 Å². The van der Waals surface area contributed by atoms with E-state index in [4.69, 9.17) is 23.2 Å². The van der Waals surface area contributed by atoms with Gasteiger partial charge in [-0.3, -0.25) is 4.72 Å². The largest absolute Gasteiger partial charge is 0.316 e. The molecule has 0 aromatic heterocycles. The number of anilines is 1. The molecule has 0 radical (unpaired) electrons. The molecule has 0 aliphatic heterocycles. The number of sulfonamides is 1. The van der Waals surface area contributed by atoms with Gasteiger partial charge in [-0.15, -0.1) is 0 Å². The number of rotatable bonds is 5. The average Bonchev–Trinajstić information content (AvgIpc) is 2.44. The van der Waals surface area contributed by atoms with Crippen LogP contribution in [0.1, 0.15) is 5.56 Å². The van der Waals surface area contributed by atoms with Crippen LogP contribution in [-0.4, -0.2) is 15.5 Å². The predicted octanol–water partition coefficient (Wildman–Crippen LogP) is 3.51. The Morgan fingerprint density at radius 2 is 1.76 bits per heavy atom. The average molecular weight is 345 g/mol. The highest BCUT2D eigenvalue weighted by Gasteiger charge is 2.20. The topological polar surface area (TPSA) is 58.2 Å². The summed E-state index contributed by atoms with van der Waals surface area (Å²) in [6.07, 6.45) is 0. The van der Waals surface area contributed by atoms with Crippen LogP contribution >= 0.6 is 23.2 Å². The molecule has 4 nitrogen and oxygen atoms in total. The third kappa shape index (κ3) is 3.68. The summed E-state index contributed by atoms with van der Waals surface area (Å²) in [5.74, 6) is 0. The molecule has 21 heavy (non-hydrogen) atoms. The number of para-hydroxylation sites is 1. The second-order valence-corrected chi connectivity index (χ2v) is 6.78. The molecule has 2 aromatic carbocycles. The van der Waals surface area contributed by atoms with Crippen molar-refractivity contribution in [3.63, 3.8) is 0 Å². The van der Waals surface area contributed by atoms with Crippen LogP contribution in [0.25, 0.3) is 0 Å². The minimum atomic E-state index is -3.80. The third-order valence-electron chi connectivity index (χ3n) is 2.83. The second kappa shape index (κ2) is 6.66. The van der Waals surface area contributed by atoms with Gasteiger partial charge in [0.05, 0.1) is 15.7 Å². The van der Waals surface area contributed by atoms with Crippen LogP contribution in [0.15, 0.2) is 47.4 Å². The highest BCUT2D eigenvalue weighted by Crippen LogP contribution is 2.30. The zero-order chi connectivity index (χ0) is 15.5. The van der Waals surface area contributed by atoms with Crippen LogP contribution < -0.4 is 10.0 Å². The van der Waals surface area contributed by atoms with Crippen molar-refractivity contribution in [2.24, 2.45) is 0 Å². The summed E-state index contributed by atoms with van der Waals surface area (Å²) < 4.78 is 27.5. The van der Waals surface area contributed by atoms with Gasteiger partial charge in [-0.25, -0.2) is 8.42 Å². The van der Waals surface area contributed by atoms with Crippen molar-refractivity contribution in [1.29, 1.82) is 0 Å². The van der Waals surface area contributed by atoms with Gasteiger partial charge in [0.15, 0.2) is 0 Å². The van der Waals surface area contributed by atoms with Crippen molar-refractivity contribution in [2.75, 3.05) is 11.8 Å². The van der Waals surface area contributed by atoms with Crippen LogP contribution in [0.4, 0.5) is 5.69 Å². The molecule has 7 heteroatoms. The van der Waals surface area contributed by atoms with Crippen molar-refractivity contribution in [3.8, 4) is 0 Å². The summed E-state index contributed by atoms with van der Waals surface area (Å²) in [5.41, 5.74) is 1.34. The molecule has 0 unspecified atom stereocenters. The van der Waals surface area contributed by atoms with Gasteiger partial charge in [0.2, 0.25) is 0 Å². The number of hydrogen-bond acceptors (Lipinski definition) is 3. The smallest absolute Gasteiger partial charge is 0.263 e. The van der Waals surface area contributed by atoms with Crippen LogP contribution in [0, 0.1) is 0 Å². The Morgan fingerprint density at radius 1 is 1.05 bits per heavy atom. The molecule has 0 aliphatic carbocycles. The van der Waals surface area contributed by atoms with Gasteiger partial charge >= 0.3 is 0 Å². The fourth-order valence-electron chi connectivity index (χ4n) is 1.86. The third-order valence-corrected chi connectivity index (χ3v) is 5.17. The Balaban J connectivity index is 2.40. The van der Waals surface area contributed by atoms with E-state index in [1.807, 2.05) is 12.1 Å². The van der Waals surface area contributed by atoms with Gasteiger partial charge in [-0.2, -0.15) is 0 Å². The Labute approximate surface area is 134 Å². The van der Waals surface area contributed by atoms with Crippen LogP contribution in [0.2, 0.25) is 10.0 Å². The summed E-state index contributed by atoms with van der Waals surface area (Å²) in [7, 11) is -2.01. The van der Waals surface area contributed by atoms with Gasteiger partial charge in [0, 0.05) is 6.54 Å². The maximum atomic E-state index is 12.5. The molecule has 0 spiro atoms. The van der Waals surface area contributed by atoms with E-state index in [1.165, 1.54) is 12.1 Å². The molecule has 0 aliphatic rings. The van der Waals surface area contributed by atoms with Crippen molar-refractivity contribution in [1.82, 2.24) is 5.32 Å². The summed E-state index contributed by atoms with van der Waals surface area (Å²) in [6.45, 7) is 0.544. The van der Waals surface area contributed by atoms with Crippen molar-refractivity contribution < 1.29 is 8.42 Å². The summed E-state index contributed by atoms with van der Waals surface area (Å²) in [6, 6.07) is 11.6. The lowest BCUT2D eigenvalue weighted by Gasteiger charge is -2.13. The van der Waals surface area contributed by atoms with E-state index in [2.05, 4.69) is 10.0 Å². The fraction of sp³-hybridized carbons (Fsp3) is 0.143. The van der Waals surface area contributed by atoms with Gasteiger partial charge in [-0.05, 0) is 30.8 Å². The first-order valence-corrected chi connectivity index (χ1v) is 8.39. The summed E-state index contributed by atoms with van der Waals surface area (Å²) in [4.78, 5) is -0.0454. The maximum absolute atomic E-state index is 12.5. The maximum Gasteiger partial charge on any atom is 0.263 e. The van der Waals surface area contributed by atoms with Crippen LogP contribution in [-0.2, 0) is 16.6 Å². The minimum absolute atomic E-state index is 0.0118. The standard InChI is InChI=1S/C14H14Cl2N2O2S/c1-17-9-10-5-2-3-7-12(10)18-21(19,20)13-8-4-6-11(15)14(13)16/h2-8,17-18H,9H2,1H3. The first-order valence-electron chi connectivity index (χ1n) is 6.15. The van der Waals surface area contributed by atoms with E-state index in [1.54, 1.807) is 25.2 Å². The number of halogens is 2. The lowest BCUT2D eigenvalue weighted by molar-refractivity contribution is 0.601. The van der Waals surface area contributed by atoms with Crippen molar-refractivity contribution >= 4 is 38.9 Å². The van der Waals surface area contributed by atoms with Gasteiger partial charge in [0.1, 0.15) is 4.90 Å². The normalized spacial score (nSPS) is 11.4. The fourth-order valence-corrected chi connectivity index (χ4v) is 3.72. The molecule has 0 saturated carbocycles. The molecule has 2 rings (SSSR count). The SMILES string of the molecule is CNCc1ccccc1NS(=O)(=O)c1cccc(Cl)c1Cl. The quantitative estimate of drug-likeness (QED) is 0.872. The summed E-state index contributed by atoms with van der Waals surface area (Å²) >= 11 is 11.9. The molecule has 112 valence electrons. The van der Waals surface area contributed by atoms with E-state index in [0.717, 1.165) is 5.56 Å². The first-order chi connectivity index (χ1) is 9.95. The van der Waals surface area contributed by atoms with Crippen molar-refractivity contribution in [2.45, 2.75) is 11.4 Å². The molecule has 0 bridgehead atoms. The Kier molecular flexibility index (Phi) is 5.11. The van der Waals surface area contributed by atoms with Gasteiger partial charge < -0.3 is 5.32 Å². The minimum Gasteiger partial charge on any atom is -0.316 e. The van der Waals surface area contributed by atoms with E-state index >= 15 is 0 Å². The molecule has 0 amide bonds. The molecule has 0 saturated heterocycles. The number of hydrogen-bond donors (Lipinski definition) is 2. The molecule has 0 fully saturated rings. The molecule has 0 heterocycles. The highest BCUT2D eigenvalue weighted by molar-refractivity contribution is 7.92. The lowest BCUT2D eigenvalue weighted by atomic mass is 10.2. The van der Waals surface area contributed by atoms with E-state index in [-0.39, 0.29) is 14.9 Å². The molecule has 0 atom stereocenters. The molecular formula is C14H14Cl2N2O2S. The summed E-state index contributed by atoms with van der Waals surface area (Å²) in [5, 5.41) is 3.20. The Morgan fingerprint density at radius 3 is 2.48 bits per heavy atom. The molecule has 2 N–H and O–H groups in total. The number of nitrogens with one attached hydrogen (secondary N) is 2. The molecule has 2 aromatic rings. The van der Waals surface area contributed by atoms with Crippen LogP contribution in [0.3, 0.4) is 0 Å².